The van der Waals surface area contributed by atoms with Crippen LogP contribution in [0.4, 0.5) is 0 Å². The van der Waals surface area contributed by atoms with Crippen LogP contribution in [0, 0.1) is 24.2 Å². The highest BCUT2D eigenvalue weighted by Crippen LogP contribution is 2.31. The maximum absolute atomic E-state index is 13.2. The Morgan fingerprint density at radius 3 is 2.50 bits per heavy atom. The van der Waals surface area contributed by atoms with Gasteiger partial charge in [0.2, 0.25) is 5.91 Å². The summed E-state index contributed by atoms with van der Waals surface area (Å²) in [6.45, 7) is 12.5. The van der Waals surface area contributed by atoms with Gasteiger partial charge in [0.15, 0.2) is 5.89 Å². The number of amides is 1. The van der Waals surface area contributed by atoms with Crippen molar-refractivity contribution in [2.75, 3.05) is 0 Å². The second-order valence-electron chi connectivity index (χ2n) is 10.2. The summed E-state index contributed by atoms with van der Waals surface area (Å²) in [5.74, 6) is -0.836. The van der Waals surface area contributed by atoms with Crippen molar-refractivity contribution in [2.24, 2.45) is 17.3 Å². The van der Waals surface area contributed by atoms with Gasteiger partial charge in [0.25, 0.3) is 0 Å². The minimum absolute atomic E-state index is 0.129. The van der Waals surface area contributed by atoms with Gasteiger partial charge in [-0.25, -0.2) is 4.98 Å². The standard InChI is InChI=1S/C27H40N2O5/c1-16-9-8-10-17(2)25(32)19(4)26(33)27(6,7)23(30)14-24(31)29-22(12-11-16)18(3)13-21-15-34-20(5)28-21/h8-9,11,13,15,17,19,22-23,25,30,32H,10,12,14H2,1-7H3,(H,29,31)/b9-8?,16-11?,18-13+/t17-,19+,22-,23-,25-/m0/s1. The Hall–Kier alpha value is -2.51. The number of hydrogen-bond acceptors (Lipinski definition) is 6. The SMILES string of the molecule is CC1=CC[C@@H](/C(C)=C/c2coc(C)n2)NC(=O)C[C@H](O)C(C)(C)C(=O)[C@H](C)[C@@H](O)[C@@H](C)CC=C1. The van der Waals surface area contributed by atoms with Gasteiger partial charge in [0.1, 0.15) is 17.7 Å². The minimum atomic E-state index is -1.18. The van der Waals surface area contributed by atoms with Crippen molar-refractivity contribution in [2.45, 2.75) is 86.0 Å². The molecule has 0 aromatic carbocycles. The van der Waals surface area contributed by atoms with Crippen molar-refractivity contribution < 1.29 is 24.2 Å². The summed E-state index contributed by atoms with van der Waals surface area (Å²) in [6, 6.07) is -0.313. The molecular weight excluding hydrogens is 432 g/mol. The Kier molecular flexibility index (Phi) is 9.59. The molecule has 1 aromatic heterocycles. The number of Topliss-reactive ketones (excluding diaryl/α,β-unsaturated/α-hetero) is 1. The second kappa shape index (κ2) is 11.8. The molecule has 2 heterocycles. The lowest BCUT2D eigenvalue weighted by atomic mass is 9.73. The van der Waals surface area contributed by atoms with Crippen molar-refractivity contribution in [3.8, 4) is 0 Å². The van der Waals surface area contributed by atoms with Crippen LogP contribution in [-0.2, 0) is 9.59 Å². The normalized spacial score (nSPS) is 30.1. The number of nitrogens with zero attached hydrogens (tertiary/aromatic N) is 1. The number of oxazole rings is 1. The minimum Gasteiger partial charge on any atom is -0.449 e. The number of allylic oxidation sites excluding steroid dienone is 3. The fourth-order valence-electron chi connectivity index (χ4n) is 4.20. The Morgan fingerprint density at radius 2 is 1.88 bits per heavy atom. The zero-order valence-electron chi connectivity index (χ0n) is 21.5. The van der Waals surface area contributed by atoms with Gasteiger partial charge >= 0.3 is 0 Å². The smallest absolute Gasteiger partial charge is 0.223 e. The van der Waals surface area contributed by atoms with Gasteiger partial charge in [0, 0.05) is 12.8 Å². The van der Waals surface area contributed by atoms with Gasteiger partial charge in [-0.1, -0.05) is 51.5 Å². The number of aliphatic hydroxyl groups is 2. The Balaban J connectivity index is 2.38. The largest absolute Gasteiger partial charge is 0.449 e. The topological polar surface area (TPSA) is 113 Å². The van der Waals surface area contributed by atoms with Crippen LogP contribution in [0.2, 0.25) is 0 Å². The molecule has 188 valence electrons. The second-order valence-corrected chi connectivity index (χ2v) is 10.2. The van der Waals surface area contributed by atoms with Gasteiger partial charge in [-0.05, 0) is 44.3 Å². The van der Waals surface area contributed by atoms with Crippen LogP contribution >= 0.6 is 0 Å². The van der Waals surface area contributed by atoms with Crippen LogP contribution in [0.3, 0.4) is 0 Å². The van der Waals surface area contributed by atoms with Crippen LogP contribution < -0.4 is 5.32 Å². The average molecular weight is 473 g/mol. The molecule has 1 amide bonds. The first-order valence-electron chi connectivity index (χ1n) is 12.0. The van der Waals surface area contributed by atoms with Gasteiger partial charge in [-0.2, -0.15) is 0 Å². The number of aliphatic hydroxyl groups excluding tert-OH is 2. The zero-order chi connectivity index (χ0) is 25.6. The molecule has 0 aliphatic carbocycles. The van der Waals surface area contributed by atoms with Crippen LogP contribution in [-0.4, -0.2) is 45.1 Å². The number of nitrogens with one attached hydrogen (secondary N) is 1. The molecule has 0 saturated heterocycles. The third-order valence-corrected chi connectivity index (χ3v) is 6.82. The lowest BCUT2D eigenvalue weighted by molar-refractivity contribution is -0.143. The van der Waals surface area contributed by atoms with E-state index in [-0.39, 0.29) is 30.1 Å². The van der Waals surface area contributed by atoms with E-state index in [1.54, 1.807) is 34.0 Å². The van der Waals surface area contributed by atoms with E-state index in [2.05, 4.69) is 10.3 Å². The van der Waals surface area contributed by atoms with Crippen LogP contribution in [0.15, 0.2) is 40.1 Å². The summed E-state index contributed by atoms with van der Waals surface area (Å²) >= 11 is 0. The highest BCUT2D eigenvalue weighted by atomic mass is 16.3. The summed E-state index contributed by atoms with van der Waals surface area (Å²) in [5.41, 5.74) is 1.42. The lowest BCUT2D eigenvalue weighted by Crippen LogP contribution is -2.47. The predicted molar refractivity (Wildman–Crippen MR) is 133 cm³/mol. The van der Waals surface area contributed by atoms with E-state index < -0.39 is 23.5 Å². The molecular formula is C27H40N2O5. The van der Waals surface area contributed by atoms with Crippen molar-refractivity contribution in [3.63, 3.8) is 0 Å². The first-order valence-corrected chi connectivity index (χ1v) is 12.0. The third kappa shape index (κ3) is 7.24. The molecule has 0 bridgehead atoms. The maximum atomic E-state index is 13.2. The average Bonchev–Trinajstić information content (AvgIpc) is 3.18. The molecule has 0 radical (unpaired) electrons. The number of aromatic nitrogens is 1. The van der Waals surface area contributed by atoms with Gasteiger partial charge in [0.05, 0.1) is 30.1 Å². The number of ketones is 1. The van der Waals surface area contributed by atoms with Crippen molar-refractivity contribution in [1.82, 2.24) is 10.3 Å². The highest BCUT2D eigenvalue weighted by Gasteiger charge is 2.42. The number of rotatable bonds is 2. The van der Waals surface area contributed by atoms with E-state index in [1.165, 1.54) is 0 Å². The van der Waals surface area contributed by atoms with E-state index in [1.807, 2.05) is 45.1 Å². The monoisotopic (exact) mass is 472 g/mol. The maximum Gasteiger partial charge on any atom is 0.223 e. The lowest BCUT2D eigenvalue weighted by Gasteiger charge is -2.34. The third-order valence-electron chi connectivity index (χ3n) is 6.82. The molecule has 34 heavy (non-hydrogen) atoms. The fraction of sp³-hybridized carbons (Fsp3) is 0.593. The Labute approximate surface area is 203 Å². The highest BCUT2D eigenvalue weighted by molar-refractivity contribution is 5.88. The molecule has 0 saturated carbocycles. The first-order chi connectivity index (χ1) is 15.8. The summed E-state index contributed by atoms with van der Waals surface area (Å²) in [5, 5.41) is 24.6. The van der Waals surface area contributed by atoms with Gasteiger partial charge in [-0.3, -0.25) is 9.59 Å². The van der Waals surface area contributed by atoms with E-state index in [0.717, 1.165) is 11.1 Å². The molecule has 7 nitrogen and oxygen atoms in total. The zero-order valence-corrected chi connectivity index (χ0v) is 21.5. The van der Waals surface area contributed by atoms with Gasteiger partial charge < -0.3 is 19.9 Å². The van der Waals surface area contributed by atoms with Crippen LogP contribution in [0.5, 0.6) is 0 Å². The van der Waals surface area contributed by atoms with Crippen molar-refractivity contribution in [1.29, 1.82) is 0 Å². The molecule has 2 rings (SSSR count). The molecule has 0 spiro atoms. The summed E-state index contributed by atoms with van der Waals surface area (Å²) in [6.07, 6.45) is 8.41. The molecule has 1 aliphatic heterocycles. The quantitative estimate of drug-likeness (QED) is 0.596. The predicted octanol–water partition coefficient (Wildman–Crippen LogP) is 4.15. The van der Waals surface area contributed by atoms with E-state index in [4.69, 9.17) is 4.42 Å². The van der Waals surface area contributed by atoms with E-state index in [0.29, 0.717) is 24.4 Å². The van der Waals surface area contributed by atoms with Crippen molar-refractivity contribution >= 4 is 17.8 Å². The molecule has 1 aliphatic rings. The van der Waals surface area contributed by atoms with Gasteiger partial charge in [-0.15, -0.1) is 0 Å². The Bertz CT molecular complexity index is 956. The first kappa shape index (κ1) is 27.7. The number of carbonyl (C=O) groups is 2. The van der Waals surface area contributed by atoms with Crippen molar-refractivity contribution in [3.05, 3.63) is 47.2 Å². The Morgan fingerprint density at radius 1 is 1.21 bits per heavy atom. The number of carbonyl (C=O) groups excluding carboxylic acids is 2. The molecule has 0 fully saturated rings. The van der Waals surface area contributed by atoms with E-state index in [9.17, 15) is 19.8 Å². The fourth-order valence-corrected chi connectivity index (χ4v) is 4.20. The van der Waals surface area contributed by atoms with Crippen LogP contribution in [0.1, 0.15) is 72.4 Å². The van der Waals surface area contributed by atoms with Crippen LogP contribution in [0.25, 0.3) is 6.08 Å². The molecule has 0 unspecified atom stereocenters. The number of hydrogen-bond donors (Lipinski definition) is 3. The molecule has 1 aromatic rings. The summed E-state index contributed by atoms with van der Waals surface area (Å²) in [7, 11) is 0. The summed E-state index contributed by atoms with van der Waals surface area (Å²) in [4.78, 5) is 30.4. The molecule has 3 N–H and O–H groups in total. The van der Waals surface area contributed by atoms with E-state index >= 15 is 0 Å². The molecule has 7 heteroatoms. The summed E-state index contributed by atoms with van der Waals surface area (Å²) < 4.78 is 5.28. The number of aryl methyl sites for hydroxylation is 1. The molecule has 5 atom stereocenters.